The number of hydrogen-bond donors (Lipinski definition) is 0. The van der Waals surface area contributed by atoms with Crippen molar-refractivity contribution in [3.63, 3.8) is 0 Å². The van der Waals surface area contributed by atoms with Crippen molar-refractivity contribution in [2.75, 3.05) is 0 Å². The Morgan fingerprint density at radius 1 is 1.00 bits per heavy atom. The van der Waals surface area contributed by atoms with Crippen molar-refractivity contribution in [2.24, 2.45) is 28.8 Å². The molecule has 4 atom stereocenters. The summed E-state index contributed by atoms with van der Waals surface area (Å²) >= 11 is 7.15. The van der Waals surface area contributed by atoms with Crippen molar-refractivity contribution in [3.05, 3.63) is 80.9 Å². The van der Waals surface area contributed by atoms with E-state index in [1.165, 1.54) is 0 Å². The number of fused-ring (bicyclic) bond motifs is 6. The van der Waals surface area contributed by atoms with Crippen LogP contribution in [0.4, 0.5) is 0 Å². The predicted octanol–water partition coefficient (Wildman–Crippen LogP) is 5.36. The normalized spacial score (nSPS) is 26.2. The molecule has 32 heavy (non-hydrogen) atoms. The summed E-state index contributed by atoms with van der Waals surface area (Å²) in [6, 6.07) is 14.2. The van der Waals surface area contributed by atoms with Gasteiger partial charge in [-0.1, -0.05) is 68.3 Å². The van der Waals surface area contributed by atoms with E-state index in [1.807, 2.05) is 36.5 Å². The fourth-order valence-electron chi connectivity index (χ4n) is 5.46. The molecule has 2 bridgehead atoms. The number of nitrogens with zero attached hydrogens (tertiary/aromatic N) is 3. The van der Waals surface area contributed by atoms with E-state index in [9.17, 15) is 9.59 Å². The van der Waals surface area contributed by atoms with Gasteiger partial charge in [-0.25, -0.2) is 0 Å². The number of rotatable bonds is 4. The largest absolute Gasteiger partial charge is 0.342 e. The molecule has 5 nitrogen and oxygen atoms in total. The second-order valence-electron chi connectivity index (χ2n) is 8.70. The summed E-state index contributed by atoms with van der Waals surface area (Å²) in [4.78, 5) is 25.9. The van der Waals surface area contributed by atoms with Gasteiger partial charge in [0.2, 0.25) is 0 Å². The molecule has 6 rings (SSSR count). The van der Waals surface area contributed by atoms with Gasteiger partial charge in [-0.3, -0.25) is 9.59 Å². The van der Waals surface area contributed by atoms with E-state index in [0.717, 1.165) is 42.4 Å². The maximum Gasteiger partial charge on any atom is 0.254 e. The third-order valence-corrected chi connectivity index (χ3v) is 8.17. The molecular formula is C25H19Br2N3O2. The zero-order valence-corrected chi connectivity index (χ0v) is 20.2. The van der Waals surface area contributed by atoms with Crippen molar-refractivity contribution in [1.82, 2.24) is 9.58 Å². The zero-order chi connectivity index (χ0) is 22.0. The van der Waals surface area contributed by atoms with E-state index in [0.29, 0.717) is 6.54 Å². The molecule has 1 saturated heterocycles. The first kappa shape index (κ1) is 20.1. The number of aromatic nitrogens is 1. The molecule has 1 saturated carbocycles. The monoisotopic (exact) mass is 551 g/mol. The maximum atomic E-state index is 12.9. The SMILES string of the molecule is O=C1[C@@H]2[C@H](C(=O)N1N=Cc1cn(Cc3ccc(Br)cc3Br)c3ccccc13)[C@H]1C=C[C@H]2C1. The number of para-hydroxylation sites is 1. The topological polar surface area (TPSA) is 54.7 Å². The van der Waals surface area contributed by atoms with E-state index in [2.05, 4.69) is 65.8 Å². The highest BCUT2D eigenvalue weighted by molar-refractivity contribution is 9.11. The van der Waals surface area contributed by atoms with Gasteiger partial charge in [-0.15, -0.1) is 0 Å². The molecule has 2 aliphatic carbocycles. The molecule has 1 aromatic heterocycles. The Morgan fingerprint density at radius 2 is 1.72 bits per heavy atom. The summed E-state index contributed by atoms with van der Waals surface area (Å²) in [6.07, 6.45) is 8.79. The van der Waals surface area contributed by atoms with Crippen LogP contribution in [0.2, 0.25) is 0 Å². The van der Waals surface area contributed by atoms with Crippen molar-refractivity contribution in [1.29, 1.82) is 0 Å². The summed E-state index contributed by atoms with van der Waals surface area (Å²) < 4.78 is 4.21. The van der Waals surface area contributed by atoms with Crippen molar-refractivity contribution in [2.45, 2.75) is 13.0 Å². The lowest BCUT2D eigenvalue weighted by atomic mass is 9.85. The smallest absolute Gasteiger partial charge is 0.254 e. The zero-order valence-electron chi connectivity index (χ0n) is 17.0. The van der Waals surface area contributed by atoms with Gasteiger partial charge in [0, 0.05) is 38.2 Å². The van der Waals surface area contributed by atoms with E-state index >= 15 is 0 Å². The Morgan fingerprint density at radius 3 is 2.44 bits per heavy atom. The summed E-state index contributed by atoms with van der Waals surface area (Å²) in [6.45, 7) is 0.684. The number of allylic oxidation sites excluding steroid dienone is 2. The lowest BCUT2D eigenvalue weighted by Crippen LogP contribution is -2.28. The number of benzene rings is 2. The molecule has 7 heteroatoms. The van der Waals surface area contributed by atoms with Crippen molar-refractivity contribution in [3.8, 4) is 0 Å². The molecule has 3 aliphatic rings. The highest BCUT2D eigenvalue weighted by atomic mass is 79.9. The molecule has 0 spiro atoms. The third kappa shape index (κ3) is 3.05. The number of halogens is 2. The van der Waals surface area contributed by atoms with Gasteiger partial charge in [0.25, 0.3) is 11.8 Å². The first-order valence-corrected chi connectivity index (χ1v) is 12.2. The van der Waals surface area contributed by atoms with Gasteiger partial charge in [0.1, 0.15) is 0 Å². The van der Waals surface area contributed by atoms with Crippen LogP contribution < -0.4 is 0 Å². The second-order valence-corrected chi connectivity index (χ2v) is 10.5. The Kier molecular flexibility index (Phi) is 4.73. The molecule has 2 aromatic carbocycles. The first-order chi connectivity index (χ1) is 15.5. The van der Waals surface area contributed by atoms with Crippen molar-refractivity contribution >= 4 is 60.8 Å². The molecular weight excluding hydrogens is 534 g/mol. The van der Waals surface area contributed by atoms with Crippen LogP contribution in [0.1, 0.15) is 17.5 Å². The van der Waals surface area contributed by atoms with Gasteiger partial charge < -0.3 is 4.57 Å². The van der Waals surface area contributed by atoms with Crippen LogP contribution in [0.3, 0.4) is 0 Å². The molecule has 0 radical (unpaired) electrons. The van der Waals surface area contributed by atoms with Crippen LogP contribution >= 0.6 is 31.9 Å². The van der Waals surface area contributed by atoms with Crippen molar-refractivity contribution < 1.29 is 9.59 Å². The number of amides is 2. The number of hydrazone groups is 1. The van der Waals surface area contributed by atoms with Gasteiger partial charge in [0.05, 0.1) is 18.1 Å². The second kappa shape index (κ2) is 7.52. The first-order valence-electron chi connectivity index (χ1n) is 10.6. The van der Waals surface area contributed by atoms with Crippen LogP contribution in [0, 0.1) is 23.7 Å². The molecule has 0 unspecified atom stereocenters. The Bertz CT molecular complexity index is 1310. The van der Waals surface area contributed by atoms with Gasteiger partial charge in [0.15, 0.2) is 0 Å². The Hall–Kier alpha value is -2.51. The molecule has 2 heterocycles. The quantitative estimate of drug-likeness (QED) is 0.249. The molecule has 160 valence electrons. The summed E-state index contributed by atoms with van der Waals surface area (Å²) in [5.74, 6) is -0.399. The Labute approximate surface area is 202 Å². The van der Waals surface area contributed by atoms with Gasteiger partial charge >= 0.3 is 0 Å². The third-order valence-electron chi connectivity index (χ3n) is 6.93. The number of hydrogen-bond acceptors (Lipinski definition) is 3. The van der Waals surface area contributed by atoms with E-state index in [4.69, 9.17) is 0 Å². The minimum atomic E-state index is -0.231. The number of carbonyl (C=O) groups excluding carboxylic acids is 2. The molecule has 0 N–H and O–H groups in total. The predicted molar refractivity (Wildman–Crippen MR) is 130 cm³/mol. The van der Waals surface area contributed by atoms with Gasteiger partial charge in [-0.05, 0) is 42.0 Å². The van der Waals surface area contributed by atoms with Crippen LogP contribution in [0.15, 0.2) is 74.9 Å². The average molecular weight is 553 g/mol. The minimum Gasteiger partial charge on any atom is -0.342 e. The van der Waals surface area contributed by atoms with Crippen LogP contribution in [-0.4, -0.2) is 27.6 Å². The molecule has 2 fully saturated rings. The van der Waals surface area contributed by atoms with Crippen LogP contribution in [0.5, 0.6) is 0 Å². The molecule has 1 aliphatic heterocycles. The van der Waals surface area contributed by atoms with E-state index in [-0.39, 0.29) is 35.5 Å². The fraction of sp³-hybridized carbons (Fsp3) is 0.240. The van der Waals surface area contributed by atoms with E-state index in [1.54, 1.807) is 6.21 Å². The minimum absolute atomic E-state index is 0.157. The van der Waals surface area contributed by atoms with Crippen LogP contribution in [0.25, 0.3) is 10.9 Å². The lowest BCUT2D eigenvalue weighted by Gasteiger charge is -2.13. The van der Waals surface area contributed by atoms with Crippen LogP contribution in [-0.2, 0) is 16.1 Å². The molecule has 3 aromatic rings. The standard InChI is InChI=1S/C25H19Br2N3O2/c26-18-8-7-16(20(27)10-18)12-29-13-17(19-3-1-2-4-21(19)29)11-28-30-24(31)22-14-5-6-15(9-14)23(22)25(30)32/h1-8,10-11,13-15,22-23H,9,12H2/t14-,15-,22-,23+/m0/s1. The highest BCUT2D eigenvalue weighted by Gasteiger charge is 2.59. The highest BCUT2D eigenvalue weighted by Crippen LogP contribution is 2.52. The maximum absolute atomic E-state index is 12.9. The summed E-state index contributed by atoms with van der Waals surface area (Å²) in [7, 11) is 0. The number of imide groups is 1. The van der Waals surface area contributed by atoms with E-state index < -0.39 is 0 Å². The Balaban J connectivity index is 1.32. The average Bonchev–Trinajstić information content (AvgIpc) is 3.53. The fourth-order valence-corrected chi connectivity index (χ4v) is 6.64. The number of carbonyl (C=O) groups is 2. The molecule has 2 amide bonds. The summed E-state index contributed by atoms with van der Waals surface area (Å²) in [5.41, 5.74) is 3.10. The van der Waals surface area contributed by atoms with Gasteiger partial charge in [-0.2, -0.15) is 10.1 Å². The lowest BCUT2D eigenvalue weighted by molar-refractivity contribution is -0.140. The summed E-state index contributed by atoms with van der Waals surface area (Å²) in [5, 5.41) is 6.53.